The first kappa shape index (κ1) is 20.3. The van der Waals surface area contributed by atoms with E-state index in [1.54, 1.807) is 25.3 Å². The molecular formula is C21H25NO5. The summed E-state index contributed by atoms with van der Waals surface area (Å²) in [6.07, 6.45) is -0.498. The minimum atomic E-state index is -0.565. The number of carbonyl (C=O) groups is 2. The lowest BCUT2D eigenvalue weighted by Gasteiger charge is -2.20. The smallest absolute Gasteiger partial charge is 0.407 e. The van der Waals surface area contributed by atoms with E-state index in [-0.39, 0.29) is 6.54 Å². The number of nitrogens with one attached hydrogen (secondary N) is 1. The van der Waals surface area contributed by atoms with Gasteiger partial charge in [-0.1, -0.05) is 18.2 Å². The summed E-state index contributed by atoms with van der Waals surface area (Å²) < 4.78 is 15.4. The van der Waals surface area contributed by atoms with Crippen molar-refractivity contribution in [3.05, 3.63) is 53.6 Å². The van der Waals surface area contributed by atoms with Crippen LogP contribution < -0.4 is 10.1 Å². The molecule has 0 saturated carbocycles. The fourth-order valence-electron chi connectivity index (χ4n) is 2.52. The molecule has 0 aliphatic rings. The van der Waals surface area contributed by atoms with Crippen molar-refractivity contribution in [2.45, 2.75) is 32.9 Å². The van der Waals surface area contributed by atoms with Gasteiger partial charge >= 0.3 is 12.1 Å². The number of benzene rings is 2. The minimum Gasteiger partial charge on any atom is -0.496 e. The van der Waals surface area contributed by atoms with Crippen LogP contribution >= 0.6 is 0 Å². The van der Waals surface area contributed by atoms with Gasteiger partial charge in [0.2, 0.25) is 0 Å². The average Bonchev–Trinajstić information content (AvgIpc) is 2.64. The quantitative estimate of drug-likeness (QED) is 0.799. The molecule has 1 amide bonds. The van der Waals surface area contributed by atoms with E-state index in [0.717, 1.165) is 16.7 Å². The van der Waals surface area contributed by atoms with Crippen molar-refractivity contribution < 1.29 is 23.8 Å². The zero-order valence-corrected chi connectivity index (χ0v) is 16.3. The van der Waals surface area contributed by atoms with E-state index in [1.165, 1.54) is 7.11 Å². The van der Waals surface area contributed by atoms with Gasteiger partial charge in [-0.25, -0.2) is 9.59 Å². The van der Waals surface area contributed by atoms with Gasteiger partial charge in [0.1, 0.15) is 11.4 Å². The van der Waals surface area contributed by atoms with Crippen LogP contribution in [0.2, 0.25) is 0 Å². The topological polar surface area (TPSA) is 73.9 Å². The number of hydrogen-bond donors (Lipinski definition) is 1. The second-order valence-corrected chi connectivity index (χ2v) is 6.95. The maximum Gasteiger partial charge on any atom is 0.407 e. The predicted molar refractivity (Wildman–Crippen MR) is 103 cm³/mol. The molecule has 2 aromatic carbocycles. The van der Waals surface area contributed by atoms with Crippen LogP contribution in [-0.2, 0) is 16.0 Å². The first-order chi connectivity index (χ1) is 12.7. The molecule has 0 atom stereocenters. The molecule has 0 aliphatic carbocycles. The number of esters is 1. The molecule has 6 nitrogen and oxygen atoms in total. The van der Waals surface area contributed by atoms with Crippen LogP contribution in [0, 0.1) is 0 Å². The van der Waals surface area contributed by atoms with Crippen LogP contribution in [-0.4, -0.2) is 31.9 Å². The molecular weight excluding hydrogens is 346 g/mol. The van der Waals surface area contributed by atoms with Gasteiger partial charge < -0.3 is 19.5 Å². The van der Waals surface area contributed by atoms with E-state index >= 15 is 0 Å². The van der Waals surface area contributed by atoms with Crippen molar-refractivity contribution in [2.75, 3.05) is 14.2 Å². The maximum atomic E-state index is 11.9. The lowest BCUT2D eigenvalue weighted by atomic mass is 10.0. The van der Waals surface area contributed by atoms with E-state index in [2.05, 4.69) is 5.32 Å². The minimum absolute atomic E-state index is 0.253. The summed E-state index contributed by atoms with van der Waals surface area (Å²) >= 11 is 0. The van der Waals surface area contributed by atoms with E-state index in [9.17, 15) is 9.59 Å². The number of hydrogen-bond acceptors (Lipinski definition) is 5. The van der Waals surface area contributed by atoms with Gasteiger partial charge in [-0.3, -0.25) is 0 Å². The van der Waals surface area contributed by atoms with Gasteiger partial charge in [0.05, 0.1) is 19.8 Å². The third kappa shape index (κ3) is 5.74. The molecule has 0 saturated heterocycles. The highest BCUT2D eigenvalue weighted by molar-refractivity contribution is 5.91. The third-order valence-corrected chi connectivity index (χ3v) is 3.72. The summed E-state index contributed by atoms with van der Waals surface area (Å²) in [7, 11) is 2.92. The Morgan fingerprint density at radius 3 is 2.33 bits per heavy atom. The maximum absolute atomic E-state index is 11.9. The SMILES string of the molecule is COC(=O)c1cccc(-c2ccc(OC)c(CNC(=O)OC(C)(C)C)c2)c1. The molecule has 6 heteroatoms. The number of amides is 1. The molecule has 2 rings (SSSR count). The van der Waals surface area contributed by atoms with Crippen molar-refractivity contribution in [1.29, 1.82) is 0 Å². The van der Waals surface area contributed by atoms with Crippen LogP contribution in [0.5, 0.6) is 5.75 Å². The number of alkyl carbamates (subject to hydrolysis) is 1. The molecule has 0 bridgehead atoms. The summed E-state index contributed by atoms with van der Waals surface area (Å²) in [5.41, 5.74) is 2.45. The summed E-state index contributed by atoms with van der Waals surface area (Å²) in [5.74, 6) is 0.260. The second kappa shape index (κ2) is 8.58. The molecule has 0 spiro atoms. The fraction of sp³-hybridized carbons (Fsp3) is 0.333. The highest BCUT2D eigenvalue weighted by atomic mass is 16.6. The summed E-state index contributed by atoms with van der Waals surface area (Å²) in [6.45, 7) is 5.68. The highest BCUT2D eigenvalue weighted by Gasteiger charge is 2.16. The number of methoxy groups -OCH3 is 2. The van der Waals surface area contributed by atoms with Crippen molar-refractivity contribution in [1.82, 2.24) is 5.32 Å². The van der Waals surface area contributed by atoms with Gasteiger partial charge in [0, 0.05) is 12.1 Å². The molecule has 144 valence electrons. The molecule has 27 heavy (non-hydrogen) atoms. The standard InChI is InChI=1S/C21H25NO5/c1-21(2,3)27-20(24)22-13-17-12-15(9-10-18(17)25-4)14-7-6-8-16(11-14)19(23)26-5/h6-12H,13H2,1-5H3,(H,22,24). The molecule has 2 aromatic rings. The predicted octanol–water partition coefficient (Wildman–Crippen LogP) is 4.17. The monoisotopic (exact) mass is 371 g/mol. The third-order valence-electron chi connectivity index (χ3n) is 3.72. The van der Waals surface area contributed by atoms with Crippen LogP contribution in [0.25, 0.3) is 11.1 Å². The lowest BCUT2D eigenvalue weighted by molar-refractivity contribution is 0.0522. The van der Waals surface area contributed by atoms with Gasteiger partial charge in [-0.05, 0) is 56.2 Å². The zero-order valence-electron chi connectivity index (χ0n) is 16.3. The fourth-order valence-corrected chi connectivity index (χ4v) is 2.52. The second-order valence-electron chi connectivity index (χ2n) is 6.95. The van der Waals surface area contributed by atoms with Crippen molar-refractivity contribution in [3.63, 3.8) is 0 Å². The Balaban J connectivity index is 2.25. The van der Waals surface area contributed by atoms with Gasteiger partial charge in [-0.2, -0.15) is 0 Å². The van der Waals surface area contributed by atoms with E-state index < -0.39 is 17.7 Å². The van der Waals surface area contributed by atoms with E-state index in [1.807, 2.05) is 45.0 Å². The zero-order chi connectivity index (χ0) is 20.0. The first-order valence-corrected chi connectivity index (χ1v) is 8.56. The molecule has 1 N–H and O–H groups in total. The van der Waals surface area contributed by atoms with Gasteiger partial charge in [0.15, 0.2) is 0 Å². The molecule has 0 radical (unpaired) electrons. The number of carbonyl (C=O) groups excluding carboxylic acids is 2. The molecule has 0 aliphatic heterocycles. The Morgan fingerprint density at radius 2 is 1.70 bits per heavy atom. The Morgan fingerprint density at radius 1 is 1.00 bits per heavy atom. The van der Waals surface area contributed by atoms with Crippen LogP contribution in [0.15, 0.2) is 42.5 Å². The molecule has 0 aromatic heterocycles. The summed E-state index contributed by atoms with van der Waals surface area (Å²) in [6, 6.07) is 12.8. The van der Waals surface area contributed by atoms with Crippen LogP contribution in [0.3, 0.4) is 0 Å². The van der Waals surface area contributed by atoms with Crippen molar-refractivity contribution in [3.8, 4) is 16.9 Å². The first-order valence-electron chi connectivity index (χ1n) is 8.56. The summed E-state index contributed by atoms with van der Waals surface area (Å²) in [5, 5.41) is 2.73. The van der Waals surface area contributed by atoms with Crippen molar-refractivity contribution >= 4 is 12.1 Å². The number of rotatable bonds is 5. The average molecular weight is 371 g/mol. The molecule has 0 heterocycles. The lowest BCUT2D eigenvalue weighted by Crippen LogP contribution is -2.32. The van der Waals surface area contributed by atoms with Gasteiger partial charge in [0.25, 0.3) is 0 Å². The number of ether oxygens (including phenoxy) is 3. The molecule has 0 fully saturated rings. The van der Waals surface area contributed by atoms with Crippen LogP contribution in [0.1, 0.15) is 36.7 Å². The highest BCUT2D eigenvalue weighted by Crippen LogP contribution is 2.27. The summed E-state index contributed by atoms with van der Waals surface area (Å²) in [4.78, 5) is 23.7. The van der Waals surface area contributed by atoms with E-state index in [0.29, 0.717) is 11.3 Å². The normalized spacial score (nSPS) is 10.9. The largest absolute Gasteiger partial charge is 0.496 e. The van der Waals surface area contributed by atoms with E-state index in [4.69, 9.17) is 14.2 Å². The van der Waals surface area contributed by atoms with Crippen LogP contribution in [0.4, 0.5) is 4.79 Å². The Bertz CT molecular complexity index is 824. The Labute approximate surface area is 159 Å². The van der Waals surface area contributed by atoms with Crippen molar-refractivity contribution in [2.24, 2.45) is 0 Å². The Kier molecular flexibility index (Phi) is 6.45. The van der Waals surface area contributed by atoms with Gasteiger partial charge in [-0.15, -0.1) is 0 Å². The Hall–Kier alpha value is -3.02. The molecule has 0 unspecified atom stereocenters.